The van der Waals surface area contributed by atoms with E-state index < -0.39 is 17.1 Å². The quantitative estimate of drug-likeness (QED) is 0.672. The number of hydrogen-bond acceptors (Lipinski definition) is 4. The molecule has 1 atom stereocenters. The summed E-state index contributed by atoms with van der Waals surface area (Å²) < 4.78 is 0. The van der Waals surface area contributed by atoms with Crippen LogP contribution >= 0.6 is 0 Å². The summed E-state index contributed by atoms with van der Waals surface area (Å²) in [5.74, 6) is 0.0217. The van der Waals surface area contributed by atoms with Crippen LogP contribution in [-0.4, -0.2) is 76.9 Å². The number of piperazine rings is 1. The smallest absolute Gasteiger partial charge is 0.407 e. The Kier molecular flexibility index (Phi) is 4.03. The number of nitrogens with one attached hydrogen (secondary N) is 1. The molecule has 1 spiro atoms. The fraction of sp³-hybridized carbons (Fsp3) is 0.867. The monoisotopic (exact) mass is 311 g/mol. The van der Waals surface area contributed by atoms with Crippen LogP contribution in [-0.2, 0) is 4.79 Å². The number of piperidine rings is 1. The Labute approximate surface area is 130 Å². The fourth-order valence-electron chi connectivity index (χ4n) is 4.39. The Morgan fingerprint density at radius 1 is 1.23 bits per heavy atom. The van der Waals surface area contributed by atoms with Gasteiger partial charge in [-0.05, 0) is 19.3 Å². The highest BCUT2D eigenvalue weighted by molar-refractivity contribution is 5.79. The number of rotatable bonds is 2. The van der Waals surface area contributed by atoms with Gasteiger partial charge in [-0.2, -0.15) is 0 Å². The van der Waals surface area contributed by atoms with E-state index in [2.05, 4.69) is 5.32 Å². The summed E-state index contributed by atoms with van der Waals surface area (Å²) in [5.41, 5.74) is -1.36. The summed E-state index contributed by atoms with van der Waals surface area (Å²) >= 11 is 0. The van der Waals surface area contributed by atoms with E-state index in [9.17, 15) is 19.8 Å². The number of likely N-dealkylation sites (tertiary alicyclic amines) is 1. The lowest BCUT2D eigenvalue weighted by atomic mass is 9.65. The first-order valence-electron chi connectivity index (χ1n) is 8.15. The second-order valence-electron chi connectivity index (χ2n) is 6.97. The molecule has 3 fully saturated rings. The maximum atomic E-state index is 12.0. The first-order valence-corrected chi connectivity index (χ1v) is 8.15. The predicted molar refractivity (Wildman–Crippen MR) is 79.5 cm³/mol. The largest absolute Gasteiger partial charge is 0.465 e. The van der Waals surface area contributed by atoms with Crippen molar-refractivity contribution in [2.45, 2.75) is 37.7 Å². The van der Waals surface area contributed by atoms with E-state index in [-0.39, 0.29) is 5.91 Å². The van der Waals surface area contributed by atoms with Crippen molar-refractivity contribution >= 4 is 12.0 Å². The number of carboxylic acid groups (broad SMARTS) is 1. The minimum absolute atomic E-state index is 0.0217. The van der Waals surface area contributed by atoms with Gasteiger partial charge in [0.15, 0.2) is 0 Å². The summed E-state index contributed by atoms with van der Waals surface area (Å²) in [4.78, 5) is 26.5. The Morgan fingerprint density at radius 2 is 1.95 bits per heavy atom. The van der Waals surface area contributed by atoms with Crippen LogP contribution in [0.1, 0.15) is 32.1 Å². The summed E-state index contributed by atoms with van der Waals surface area (Å²) in [5, 5.41) is 23.7. The molecule has 2 heterocycles. The van der Waals surface area contributed by atoms with Crippen LogP contribution in [0.15, 0.2) is 0 Å². The van der Waals surface area contributed by atoms with E-state index >= 15 is 0 Å². The number of β-amino-alcohol motifs (C(OH)–C–C–N with tert-alkyl or cyclic N) is 1. The minimum atomic E-state index is -0.970. The Bertz CT molecular complexity index is 464. The van der Waals surface area contributed by atoms with Crippen molar-refractivity contribution in [2.75, 3.05) is 39.3 Å². The van der Waals surface area contributed by atoms with Crippen molar-refractivity contribution in [3.63, 3.8) is 0 Å². The number of nitrogens with zero attached hydrogens (tertiary/aromatic N) is 2. The third-order valence-electron chi connectivity index (χ3n) is 5.75. The van der Waals surface area contributed by atoms with Crippen LogP contribution < -0.4 is 5.32 Å². The van der Waals surface area contributed by atoms with Crippen LogP contribution in [0.5, 0.6) is 0 Å². The maximum Gasteiger partial charge on any atom is 0.407 e. The molecule has 3 rings (SSSR count). The normalized spacial score (nSPS) is 31.8. The van der Waals surface area contributed by atoms with Crippen molar-refractivity contribution < 1.29 is 19.8 Å². The number of amides is 2. The number of carbonyl (C=O) groups excluding carboxylic acids is 1. The van der Waals surface area contributed by atoms with Crippen molar-refractivity contribution in [2.24, 2.45) is 5.41 Å². The van der Waals surface area contributed by atoms with Crippen molar-refractivity contribution in [1.82, 2.24) is 15.1 Å². The SMILES string of the molecule is O=C(O)N1CCC(O)(CN2CCNCC2=O)C2(CCCC2)C1. The second kappa shape index (κ2) is 5.70. The van der Waals surface area contributed by atoms with Crippen molar-refractivity contribution in [3.05, 3.63) is 0 Å². The molecule has 124 valence electrons. The van der Waals surface area contributed by atoms with Gasteiger partial charge in [0.25, 0.3) is 0 Å². The van der Waals surface area contributed by atoms with Gasteiger partial charge in [0, 0.05) is 31.6 Å². The van der Waals surface area contributed by atoms with Crippen LogP contribution in [0.4, 0.5) is 4.79 Å². The highest BCUT2D eigenvalue weighted by atomic mass is 16.4. The zero-order chi connectivity index (χ0) is 15.8. The number of hydrogen-bond donors (Lipinski definition) is 3. The lowest BCUT2D eigenvalue weighted by molar-refractivity contribution is -0.157. The molecule has 7 nitrogen and oxygen atoms in total. The molecule has 0 aromatic heterocycles. The Balaban J connectivity index is 1.80. The van der Waals surface area contributed by atoms with Crippen molar-refractivity contribution in [1.29, 1.82) is 0 Å². The minimum Gasteiger partial charge on any atom is -0.465 e. The molecule has 1 unspecified atom stereocenters. The lowest BCUT2D eigenvalue weighted by Gasteiger charge is -2.53. The molecule has 2 amide bonds. The molecule has 3 N–H and O–H groups in total. The molecule has 2 aliphatic heterocycles. The van der Waals surface area contributed by atoms with E-state index in [0.717, 1.165) is 32.2 Å². The molecular weight excluding hydrogens is 286 g/mol. The third-order valence-corrected chi connectivity index (χ3v) is 5.75. The maximum absolute atomic E-state index is 12.0. The van der Waals surface area contributed by atoms with Gasteiger partial charge < -0.3 is 25.3 Å². The van der Waals surface area contributed by atoms with Gasteiger partial charge in [0.1, 0.15) is 0 Å². The van der Waals surface area contributed by atoms with E-state index in [4.69, 9.17) is 0 Å². The molecule has 3 aliphatic rings. The standard InChI is InChI=1S/C15H25N3O4/c19-12-9-16-6-8-17(12)11-15(22)5-7-18(13(20)21)10-14(15)3-1-2-4-14/h16,22H,1-11H2,(H,20,21). The summed E-state index contributed by atoms with van der Waals surface area (Å²) in [7, 11) is 0. The number of aliphatic hydroxyl groups is 1. The molecule has 1 aliphatic carbocycles. The van der Waals surface area contributed by atoms with Crippen LogP contribution in [0.3, 0.4) is 0 Å². The summed E-state index contributed by atoms with van der Waals surface area (Å²) in [6.45, 7) is 2.74. The first-order chi connectivity index (χ1) is 10.5. The third kappa shape index (κ3) is 2.56. The zero-order valence-electron chi connectivity index (χ0n) is 12.9. The van der Waals surface area contributed by atoms with Gasteiger partial charge in [-0.3, -0.25) is 4.79 Å². The Morgan fingerprint density at radius 3 is 2.59 bits per heavy atom. The van der Waals surface area contributed by atoms with Crippen molar-refractivity contribution in [3.8, 4) is 0 Å². The van der Waals surface area contributed by atoms with Gasteiger partial charge >= 0.3 is 6.09 Å². The molecular formula is C15H25N3O4. The van der Waals surface area contributed by atoms with E-state index in [1.807, 2.05) is 0 Å². The van der Waals surface area contributed by atoms with Gasteiger partial charge in [0.05, 0.1) is 18.7 Å². The molecule has 22 heavy (non-hydrogen) atoms. The molecule has 7 heteroatoms. The zero-order valence-corrected chi connectivity index (χ0v) is 12.9. The average molecular weight is 311 g/mol. The second-order valence-corrected chi connectivity index (χ2v) is 6.97. The van der Waals surface area contributed by atoms with E-state index in [1.54, 1.807) is 4.90 Å². The molecule has 0 bridgehead atoms. The average Bonchev–Trinajstić information content (AvgIpc) is 2.95. The van der Waals surface area contributed by atoms with E-state index in [0.29, 0.717) is 39.1 Å². The fourth-order valence-corrected chi connectivity index (χ4v) is 4.39. The molecule has 1 saturated carbocycles. The van der Waals surface area contributed by atoms with Crippen LogP contribution in [0.25, 0.3) is 0 Å². The van der Waals surface area contributed by atoms with E-state index in [1.165, 1.54) is 4.90 Å². The first kappa shape index (κ1) is 15.6. The molecule has 0 radical (unpaired) electrons. The molecule has 0 aromatic rings. The molecule has 2 saturated heterocycles. The summed E-state index contributed by atoms with van der Waals surface area (Å²) in [6.07, 6.45) is 3.22. The predicted octanol–water partition coefficient (Wildman–Crippen LogP) is 0.0934. The molecule has 0 aromatic carbocycles. The highest BCUT2D eigenvalue weighted by Crippen LogP contribution is 2.51. The van der Waals surface area contributed by atoms with Crippen LogP contribution in [0.2, 0.25) is 0 Å². The lowest BCUT2D eigenvalue weighted by Crippen LogP contribution is -2.65. The highest BCUT2D eigenvalue weighted by Gasteiger charge is 2.56. The van der Waals surface area contributed by atoms with Crippen LogP contribution in [0, 0.1) is 5.41 Å². The van der Waals surface area contributed by atoms with Gasteiger partial charge in [0.2, 0.25) is 5.91 Å². The van der Waals surface area contributed by atoms with Gasteiger partial charge in [-0.1, -0.05) is 12.8 Å². The Hall–Kier alpha value is -1.34. The topological polar surface area (TPSA) is 93.1 Å². The van der Waals surface area contributed by atoms with Gasteiger partial charge in [-0.25, -0.2) is 4.79 Å². The summed E-state index contributed by atoms with van der Waals surface area (Å²) in [6, 6.07) is 0. The van der Waals surface area contributed by atoms with Gasteiger partial charge in [-0.15, -0.1) is 0 Å². The number of carbonyl (C=O) groups is 2.